The van der Waals surface area contributed by atoms with E-state index in [1.807, 2.05) is 13.8 Å². The van der Waals surface area contributed by atoms with Gasteiger partial charge in [0, 0.05) is 13.2 Å². The molecule has 2 unspecified atom stereocenters. The van der Waals surface area contributed by atoms with Crippen LogP contribution in [0.25, 0.3) is 0 Å². The smallest absolute Gasteiger partial charge is 0.323 e. The van der Waals surface area contributed by atoms with Crippen LogP contribution >= 0.6 is 0 Å². The minimum Gasteiger partial charge on any atom is -0.468 e. The highest BCUT2D eigenvalue weighted by atomic mass is 16.5. The molecule has 4 nitrogen and oxygen atoms in total. The number of hydrogen-bond acceptors (Lipinski definition) is 4. The molecule has 1 heterocycles. The monoisotopic (exact) mass is 229 g/mol. The van der Waals surface area contributed by atoms with Gasteiger partial charge >= 0.3 is 5.97 Å². The Morgan fingerprint density at radius 1 is 1.50 bits per heavy atom. The van der Waals surface area contributed by atoms with Gasteiger partial charge in [0.1, 0.15) is 6.04 Å². The normalized spacial score (nSPS) is 23.1. The van der Waals surface area contributed by atoms with Gasteiger partial charge in [-0.2, -0.15) is 0 Å². The van der Waals surface area contributed by atoms with E-state index in [1.165, 1.54) is 13.5 Å². The molecule has 1 saturated heterocycles. The SMILES string of the molecule is COC(=O)C(NCC1CCCCO1)C(C)C. The zero-order valence-corrected chi connectivity index (χ0v) is 10.5. The van der Waals surface area contributed by atoms with Gasteiger partial charge in [-0.15, -0.1) is 0 Å². The molecule has 16 heavy (non-hydrogen) atoms. The zero-order valence-electron chi connectivity index (χ0n) is 10.5. The van der Waals surface area contributed by atoms with Crippen LogP contribution in [0.4, 0.5) is 0 Å². The highest BCUT2D eigenvalue weighted by Gasteiger charge is 2.24. The van der Waals surface area contributed by atoms with Crippen molar-refractivity contribution in [3.05, 3.63) is 0 Å². The topological polar surface area (TPSA) is 47.6 Å². The van der Waals surface area contributed by atoms with Gasteiger partial charge in [0.2, 0.25) is 0 Å². The van der Waals surface area contributed by atoms with E-state index in [2.05, 4.69) is 5.32 Å². The third-order valence-corrected chi connectivity index (χ3v) is 2.96. The number of rotatable bonds is 5. The number of nitrogens with one attached hydrogen (secondary N) is 1. The summed E-state index contributed by atoms with van der Waals surface area (Å²) < 4.78 is 10.4. The number of ether oxygens (including phenoxy) is 2. The second kappa shape index (κ2) is 6.86. The van der Waals surface area contributed by atoms with Crippen molar-refractivity contribution >= 4 is 5.97 Å². The molecule has 0 radical (unpaired) electrons. The van der Waals surface area contributed by atoms with Crippen LogP contribution in [-0.4, -0.2) is 38.4 Å². The number of hydrogen-bond donors (Lipinski definition) is 1. The Morgan fingerprint density at radius 3 is 2.75 bits per heavy atom. The fourth-order valence-electron chi connectivity index (χ4n) is 1.94. The number of esters is 1. The van der Waals surface area contributed by atoms with Gasteiger partial charge in [-0.1, -0.05) is 13.8 Å². The van der Waals surface area contributed by atoms with Crippen LogP contribution in [0.1, 0.15) is 33.1 Å². The lowest BCUT2D eigenvalue weighted by atomic mass is 10.0. The van der Waals surface area contributed by atoms with Gasteiger partial charge in [-0.3, -0.25) is 4.79 Å². The van der Waals surface area contributed by atoms with Crippen LogP contribution < -0.4 is 5.32 Å². The average molecular weight is 229 g/mol. The molecule has 1 aliphatic heterocycles. The summed E-state index contributed by atoms with van der Waals surface area (Å²) in [6.45, 7) is 5.60. The molecule has 0 amide bonds. The first-order valence-corrected chi connectivity index (χ1v) is 6.08. The molecule has 1 rings (SSSR count). The van der Waals surface area contributed by atoms with Crippen LogP contribution in [0, 0.1) is 5.92 Å². The van der Waals surface area contributed by atoms with Crippen LogP contribution in [0.5, 0.6) is 0 Å². The summed E-state index contributed by atoms with van der Waals surface area (Å²) >= 11 is 0. The maximum absolute atomic E-state index is 11.5. The van der Waals surface area contributed by atoms with Gasteiger partial charge in [0.25, 0.3) is 0 Å². The Hall–Kier alpha value is -0.610. The van der Waals surface area contributed by atoms with Crippen molar-refractivity contribution in [2.75, 3.05) is 20.3 Å². The molecule has 0 aromatic carbocycles. The second-order valence-electron chi connectivity index (χ2n) is 4.64. The molecule has 0 aliphatic carbocycles. The van der Waals surface area contributed by atoms with Crippen LogP contribution in [0.15, 0.2) is 0 Å². The van der Waals surface area contributed by atoms with Gasteiger partial charge in [0.15, 0.2) is 0 Å². The van der Waals surface area contributed by atoms with Crippen molar-refractivity contribution < 1.29 is 14.3 Å². The van der Waals surface area contributed by atoms with Gasteiger partial charge in [0.05, 0.1) is 13.2 Å². The number of carbonyl (C=O) groups is 1. The molecule has 94 valence electrons. The molecule has 0 spiro atoms. The van der Waals surface area contributed by atoms with Crippen molar-refractivity contribution in [1.82, 2.24) is 5.32 Å². The van der Waals surface area contributed by atoms with Crippen LogP contribution in [0.2, 0.25) is 0 Å². The summed E-state index contributed by atoms with van der Waals surface area (Å²) in [7, 11) is 1.43. The maximum atomic E-state index is 11.5. The maximum Gasteiger partial charge on any atom is 0.323 e. The molecule has 1 aliphatic rings. The van der Waals surface area contributed by atoms with Crippen molar-refractivity contribution in [3.63, 3.8) is 0 Å². The van der Waals surface area contributed by atoms with E-state index in [0.29, 0.717) is 0 Å². The molecule has 0 aromatic heterocycles. The Bertz CT molecular complexity index is 212. The van der Waals surface area contributed by atoms with Crippen molar-refractivity contribution in [1.29, 1.82) is 0 Å². The minimum atomic E-state index is -0.226. The predicted molar refractivity (Wildman–Crippen MR) is 62.2 cm³/mol. The summed E-state index contributed by atoms with van der Waals surface area (Å²) in [6, 6.07) is -0.226. The molecule has 0 saturated carbocycles. The van der Waals surface area contributed by atoms with Gasteiger partial charge in [-0.25, -0.2) is 0 Å². The highest BCUT2D eigenvalue weighted by Crippen LogP contribution is 2.12. The first-order chi connectivity index (χ1) is 7.65. The molecule has 0 bridgehead atoms. The molecule has 2 atom stereocenters. The Kier molecular flexibility index (Phi) is 5.77. The van der Waals surface area contributed by atoms with Gasteiger partial charge in [-0.05, 0) is 25.2 Å². The van der Waals surface area contributed by atoms with E-state index < -0.39 is 0 Å². The lowest BCUT2D eigenvalue weighted by molar-refractivity contribution is -0.144. The first-order valence-electron chi connectivity index (χ1n) is 6.08. The predicted octanol–water partition coefficient (Wildman–Crippen LogP) is 1.34. The number of methoxy groups -OCH3 is 1. The largest absolute Gasteiger partial charge is 0.468 e. The Labute approximate surface area is 97.7 Å². The summed E-state index contributed by atoms with van der Waals surface area (Å²) in [5.74, 6) is 0.0434. The van der Waals surface area contributed by atoms with E-state index in [9.17, 15) is 4.79 Å². The van der Waals surface area contributed by atoms with E-state index >= 15 is 0 Å². The molecule has 1 N–H and O–H groups in total. The molecule has 4 heteroatoms. The summed E-state index contributed by atoms with van der Waals surface area (Å²) in [6.07, 6.45) is 3.71. The van der Waals surface area contributed by atoms with Crippen molar-refractivity contribution in [3.8, 4) is 0 Å². The van der Waals surface area contributed by atoms with Crippen LogP contribution in [-0.2, 0) is 14.3 Å². The minimum absolute atomic E-state index is 0.189. The van der Waals surface area contributed by atoms with Gasteiger partial charge < -0.3 is 14.8 Å². The highest BCUT2D eigenvalue weighted by molar-refractivity contribution is 5.75. The fraction of sp³-hybridized carbons (Fsp3) is 0.917. The quantitative estimate of drug-likeness (QED) is 0.723. The average Bonchev–Trinajstić information content (AvgIpc) is 2.30. The summed E-state index contributed by atoms with van der Waals surface area (Å²) in [5.41, 5.74) is 0. The number of carbonyl (C=O) groups excluding carboxylic acids is 1. The summed E-state index contributed by atoms with van der Waals surface area (Å²) in [4.78, 5) is 11.5. The molecular weight excluding hydrogens is 206 g/mol. The van der Waals surface area contributed by atoms with E-state index in [0.717, 1.165) is 26.0 Å². The first kappa shape index (κ1) is 13.5. The lowest BCUT2D eigenvalue weighted by Gasteiger charge is -2.26. The third-order valence-electron chi connectivity index (χ3n) is 2.96. The second-order valence-corrected chi connectivity index (χ2v) is 4.64. The van der Waals surface area contributed by atoms with E-state index in [-0.39, 0.29) is 24.0 Å². The molecule has 0 aromatic rings. The standard InChI is InChI=1S/C12H23NO3/c1-9(2)11(12(14)15-3)13-8-10-6-4-5-7-16-10/h9-11,13H,4-8H2,1-3H3. The van der Waals surface area contributed by atoms with Crippen molar-refractivity contribution in [2.45, 2.75) is 45.3 Å². The van der Waals surface area contributed by atoms with E-state index in [4.69, 9.17) is 9.47 Å². The van der Waals surface area contributed by atoms with Crippen molar-refractivity contribution in [2.24, 2.45) is 5.92 Å². The molecular formula is C12H23NO3. The van der Waals surface area contributed by atoms with Crippen LogP contribution in [0.3, 0.4) is 0 Å². The fourth-order valence-corrected chi connectivity index (χ4v) is 1.94. The zero-order chi connectivity index (χ0) is 12.0. The lowest BCUT2D eigenvalue weighted by Crippen LogP contribution is -2.45. The third kappa shape index (κ3) is 4.10. The van der Waals surface area contributed by atoms with E-state index in [1.54, 1.807) is 0 Å². The Balaban J connectivity index is 2.34. The molecule has 1 fully saturated rings. The summed E-state index contributed by atoms with van der Waals surface area (Å²) in [5, 5.41) is 3.24. The Morgan fingerprint density at radius 2 is 2.25 bits per heavy atom.